The number of hydrogen-bond donors (Lipinski definition) is 0. The predicted molar refractivity (Wildman–Crippen MR) is 111 cm³/mol. The first-order valence-corrected chi connectivity index (χ1v) is 9.35. The molecular weight excluding hydrogens is 382 g/mol. The molecule has 0 saturated carbocycles. The van der Waals surface area contributed by atoms with Gasteiger partial charge in [-0.3, -0.25) is 4.79 Å². The maximum absolute atomic E-state index is 12.3. The van der Waals surface area contributed by atoms with Gasteiger partial charge in [-0.05, 0) is 30.3 Å². The summed E-state index contributed by atoms with van der Waals surface area (Å²) in [6.07, 6.45) is 3.53. The number of rotatable bonds is 4. The molecule has 0 saturated heterocycles. The Morgan fingerprint density at radius 2 is 1.77 bits per heavy atom. The molecule has 0 fully saturated rings. The first-order chi connectivity index (χ1) is 14.7. The van der Waals surface area contributed by atoms with Gasteiger partial charge in [0.15, 0.2) is 17.5 Å². The zero-order valence-corrected chi connectivity index (χ0v) is 15.7. The molecule has 0 atom stereocenters. The van der Waals surface area contributed by atoms with E-state index in [1.54, 1.807) is 42.6 Å². The Labute approximate surface area is 170 Å². The van der Waals surface area contributed by atoms with E-state index in [2.05, 4.69) is 19.9 Å². The summed E-state index contributed by atoms with van der Waals surface area (Å²) in [5.41, 5.74) is 2.00. The molecule has 4 aromatic heterocycles. The monoisotopic (exact) mass is 397 g/mol. The van der Waals surface area contributed by atoms with Crippen LogP contribution >= 0.6 is 0 Å². The van der Waals surface area contributed by atoms with Crippen molar-refractivity contribution in [3.05, 3.63) is 88.2 Å². The van der Waals surface area contributed by atoms with Crippen molar-refractivity contribution in [3.8, 4) is 5.75 Å². The fourth-order valence-corrected chi connectivity index (χ4v) is 3.28. The maximum atomic E-state index is 12.3. The average molecular weight is 397 g/mol. The van der Waals surface area contributed by atoms with E-state index in [0.717, 1.165) is 15.8 Å². The second-order valence-corrected chi connectivity index (χ2v) is 6.67. The van der Waals surface area contributed by atoms with Gasteiger partial charge in [0, 0.05) is 30.4 Å². The van der Waals surface area contributed by atoms with Crippen LogP contribution in [-0.4, -0.2) is 26.5 Å². The number of ether oxygens (including phenoxy) is 1. The van der Waals surface area contributed by atoms with Crippen molar-refractivity contribution in [1.29, 1.82) is 0 Å². The van der Waals surface area contributed by atoms with E-state index in [0.29, 0.717) is 46.5 Å². The van der Waals surface area contributed by atoms with Gasteiger partial charge in [0.25, 0.3) is 5.56 Å². The molecule has 5 rings (SSSR count). The van der Waals surface area contributed by atoms with Crippen LogP contribution in [0.5, 0.6) is 5.75 Å². The molecule has 5 aromatic rings. The molecule has 8 heteroatoms. The minimum atomic E-state index is -0.384. The molecular formula is C22H15N5O3. The smallest absolute Gasteiger partial charge is 0.281 e. The molecule has 146 valence electrons. The number of aromatic nitrogens is 5. The minimum Gasteiger partial charge on any atom is -0.618 e. The van der Waals surface area contributed by atoms with Crippen LogP contribution in [0.15, 0.2) is 71.8 Å². The standard InChI is InChI=1S/C22H15N5O3/c28-22-16-5-3-11-23-20(16)26-21-17(25-22)8-7-14(24-21)10-13-30-19-9-12-27(29)18-6-2-1-4-15(18)19/h1-9,11-12H,10,13H2. The van der Waals surface area contributed by atoms with Crippen LogP contribution in [0.2, 0.25) is 0 Å². The Morgan fingerprint density at radius 1 is 0.900 bits per heavy atom. The highest BCUT2D eigenvalue weighted by Crippen LogP contribution is 2.22. The van der Waals surface area contributed by atoms with Gasteiger partial charge in [-0.2, -0.15) is 4.73 Å². The summed E-state index contributed by atoms with van der Waals surface area (Å²) in [7, 11) is 0. The van der Waals surface area contributed by atoms with Crippen molar-refractivity contribution in [3.63, 3.8) is 0 Å². The number of benzene rings is 1. The zero-order valence-electron chi connectivity index (χ0n) is 15.7. The number of pyridine rings is 3. The summed E-state index contributed by atoms with van der Waals surface area (Å²) in [6, 6.07) is 15.8. The van der Waals surface area contributed by atoms with Crippen LogP contribution in [0.1, 0.15) is 5.69 Å². The number of para-hydroxylation sites is 1. The topological polar surface area (TPSA) is 105 Å². The third-order valence-electron chi connectivity index (χ3n) is 4.75. The first-order valence-electron chi connectivity index (χ1n) is 9.35. The van der Waals surface area contributed by atoms with Gasteiger partial charge in [0.2, 0.25) is 5.52 Å². The molecule has 4 heterocycles. The van der Waals surface area contributed by atoms with Crippen molar-refractivity contribution in [2.45, 2.75) is 6.42 Å². The lowest BCUT2D eigenvalue weighted by atomic mass is 10.2. The molecule has 0 unspecified atom stereocenters. The Morgan fingerprint density at radius 3 is 2.70 bits per heavy atom. The third kappa shape index (κ3) is 3.24. The highest BCUT2D eigenvalue weighted by Gasteiger charge is 2.10. The van der Waals surface area contributed by atoms with Crippen molar-refractivity contribution in [2.75, 3.05) is 6.61 Å². The Kier molecular flexibility index (Phi) is 4.36. The molecule has 0 aliphatic rings. The normalized spacial score (nSPS) is 11.2. The van der Waals surface area contributed by atoms with Gasteiger partial charge < -0.3 is 9.94 Å². The highest BCUT2D eigenvalue weighted by molar-refractivity contribution is 5.82. The van der Waals surface area contributed by atoms with E-state index < -0.39 is 0 Å². The second kappa shape index (κ2) is 7.32. The quantitative estimate of drug-likeness (QED) is 0.339. The predicted octanol–water partition coefficient (Wildman–Crippen LogP) is 2.34. The Hall–Kier alpha value is -4.20. The summed E-state index contributed by atoms with van der Waals surface area (Å²) in [4.78, 5) is 29.5. The van der Waals surface area contributed by atoms with E-state index >= 15 is 0 Å². The van der Waals surface area contributed by atoms with Crippen LogP contribution in [0.3, 0.4) is 0 Å². The molecule has 0 bridgehead atoms. The van der Waals surface area contributed by atoms with Crippen LogP contribution in [-0.2, 0) is 6.42 Å². The van der Waals surface area contributed by atoms with Crippen molar-refractivity contribution < 1.29 is 9.47 Å². The molecule has 0 aliphatic carbocycles. The largest absolute Gasteiger partial charge is 0.618 e. The molecule has 0 aliphatic heterocycles. The molecule has 0 radical (unpaired) electrons. The van der Waals surface area contributed by atoms with Gasteiger partial charge in [0.05, 0.1) is 17.4 Å². The molecule has 0 N–H and O–H groups in total. The van der Waals surface area contributed by atoms with Gasteiger partial charge in [-0.25, -0.2) is 19.9 Å². The highest BCUT2D eigenvalue weighted by atomic mass is 16.5. The van der Waals surface area contributed by atoms with E-state index in [-0.39, 0.29) is 5.56 Å². The number of fused-ring (bicyclic) bond motifs is 3. The summed E-state index contributed by atoms with van der Waals surface area (Å²) < 4.78 is 6.72. The van der Waals surface area contributed by atoms with Gasteiger partial charge >= 0.3 is 0 Å². The lowest BCUT2D eigenvalue weighted by Gasteiger charge is -2.09. The Bertz CT molecular complexity index is 1470. The zero-order chi connectivity index (χ0) is 20.5. The lowest BCUT2D eigenvalue weighted by molar-refractivity contribution is -0.577. The lowest BCUT2D eigenvalue weighted by Crippen LogP contribution is -2.26. The fourth-order valence-electron chi connectivity index (χ4n) is 3.28. The summed E-state index contributed by atoms with van der Waals surface area (Å²) in [5, 5.41) is 13.0. The third-order valence-corrected chi connectivity index (χ3v) is 4.75. The van der Waals surface area contributed by atoms with Crippen LogP contribution in [0.4, 0.5) is 0 Å². The van der Waals surface area contributed by atoms with Gasteiger partial charge in [-0.15, -0.1) is 0 Å². The van der Waals surface area contributed by atoms with Crippen LogP contribution in [0, 0.1) is 5.21 Å². The average Bonchev–Trinajstić information content (AvgIpc) is 2.91. The van der Waals surface area contributed by atoms with Crippen molar-refractivity contribution in [2.24, 2.45) is 0 Å². The van der Waals surface area contributed by atoms with Gasteiger partial charge in [0.1, 0.15) is 11.3 Å². The number of nitrogens with zero attached hydrogens (tertiary/aromatic N) is 5. The fraction of sp³-hybridized carbons (Fsp3) is 0.0909. The molecule has 1 aromatic carbocycles. The molecule has 0 spiro atoms. The second-order valence-electron chi connectivity index (χ2n) is 6.67. The summed E-state index contributed by atoms with van der Waals surface area (Å²) >= 11 is 0. The first kappa shape index (κ1) is 17.9. The van der Waals surface area contributed by atoms with Crippen LogP contribution < -0.4 is 15.0 Å². The molecule has 8 nitrogen and oxygen atoms in total. The minimum absolute atomic E-state index is 0.313. The van der Waals surface area contributed by atoms with E-state index in [4.69, 9.17) is 4.74 Å². The van der Waals surface area contributed by atoms with Crippen molar-refractivity contribution in [1.82, 2.24) is 19.9 Å². The molecule has 30 heavy (non-hydrogen) atoms. The number of hydrogen-bond acceptors (Lipinski definition) is 7. The maximum Gasteiger partial charge on any atom is 0.281 e. The van der Waals surface area contributed by atoms with Gasteiger partial charge in [-0.1, -0.05) is 12.1 Å². The van der Waals surface area contributed by atoms with Crippen molar-refractivity contribution >= 4 is 33.1 Å². The molecule has 0 amide bonds. The van der Waals surface area contributed by atoms with E-state index in [1.807, 2.05) is 18.2 Å². The Balaban J connectivity index is 1.43. The van der Waals surface area contributed by atoms with E-state index in [9.17, 15) is 10.0 Å². The SMILES string of the molecule is O=c1nc2ccc(CCOc3cc[n+]([O-])c4ccccc34)nc2nc2ncccc12. The summed E-state index contributed by atoms with van der Waals surface area (Å²) in [5.74, 6) is 0.635. The summed E-state index contributed by atoms with van der Waals surface area (Å²) in [6.45, 7) is 0.365. The van der Waals surface area contributed by atoms with Crippen LogP contribution in [0.25, 0.3) is 33.1 Å². The van der Waals surface area contributed by atoms with E-state index in [1.165, 1.54) is 6.20 Å².